The predicted octanol–water partition coefficient (Wildman–Crippen LogP) is 3.84. The molecule has 0 saturated heterocycles. The maximum atomic E-state index is 12.3. The third-order valence-electron chi connectivity index (χ3n) is 4.05. The molecule has 2 aromatic carbocycles. The van der Waals surface area contributed by atoms with Gasteiger partial charge in [0.2, 0.25) is 0 Å². The van der Waals surface area contributed by atoms with Gasteiger partial charge < -0.3 is 13.9 Å². The molecular weight excluding hydrogens is 370 g/mol. The Balaban J connectivity index is 1.78. The van der Waals surface area contributed by atoms with Crippen molar-refractivity contribution in [2.24, 2.45) is 5.10 Å². The molecule has 0 aliphatic heterocycles. The van der Waals surface area contributed by atoms with Gasteiger partial charge in [-0.25, -0.2) is 5.43 Å². The highest BCUT2D eigenvalue weighted by Crippen LogP contribution is 2.33. The number of para-hydroxylation sites is 1. The topological polar surface area (TPSA) is 96.8 Å². The summed E-state index contributed by atoms with van der Waals surface area (Å²) in [5.41, 5.74) is 4.56. The molecule has 1 heterocycles. The smallest absolute Gasteiger partial charge is 0.307 e. The molecule has 0 bridgehead atoms. The number of nitriles is 1. The minimum Gasteiger partial charge on any atom is -0.493 e. The molecule has 1 amide bonds. The number of ether oxygens (including phenoxy) is 2. The minimum absolute atomic E-state index is 0.0957. The van der Waals surface area contributed by atoms with E-state index in [2.05, 4.69) is 17.1 Å². The number of carbonyl (C=O) groups excluding carboxylic acids is 1. The number of fused-ring (bicyclic) bond motifs is 1. The number of furan rings is 1. The van der Waals surface area contributed by atoms with E-state index in [0.29, 0.717) is 29.1 Å². The summed E-state index contributed by atoms with van der Waals surface area (Å²) in [6.45, 7) is 3.64. The number of allylic oxidation sites excluding steroid dienone is 1. The fourth-order valence-corrected chi connectivity index (χ4v) is 2.80. The molecule has 29 heavy (non-hydrogen) atoms. The Morgan fingerprint density at radius 2 is 2.17 bits per heavy atom. The van der Waals surface area contributed by atoms with Crippen LogP contribution in [0.3, 0.4) is 0 Å². The minimum atomic E-state index is -0.454. The Kier molecular flexibility index (Phi) is 6.28. The molecule has 0 radical (unpaired) electrons. The van der Waals surface area contributed by atoms with Crippen LogP contribution in [-0.4, -0.2) is 25.8 Å². The fraction of sp³-hybridized carbons (Fsp3) is 0.136. The van der Waals surface area contributed by atoms with Crippen LogP contribution in [0.15, 0.2) is 64.6 Å². The van der Waals surface area contributed by atoms with Gasteiger partial charge >= 0.3 is 5.91 Å². The van der Waals surface area contributed by atoms with Gasteiger partial charge in [-0.3, -0.25) is 4.79 Å². The molecule has 7 heteroatoms. The molecule has 1 N–H and O–H groups in total. The second kappa shape index (κ2) is 9.24. The van der Waals surface area contributed by atoms with Gasteiger partial charge in [0.25, 0.3) is 0 Å². The molecule has 146 valence electrons. The van der Waals surface area contributed by atoms with Crippen LogP contribution in [0.4, 0.5) is 0 Å². The molecule has 3 rings (SSSR count). The van der Waals surface area contributed by atoms with E-state index in [9.17, 15) is 4.79 Å². The summed E-state index contributed by atoms with van der Waals surface area (Å²) >= 11 is 0. The lowest BCUT2D eigenvalue weighted by atomic mass is 10.1. The van der Waals surface area contributed by atoms with E-state index in [0.717, 1.165) is 10.9 Å². The van der Waals surface area contributed by atoms with Crippen molar-refractivity contribution in [2.75, 3.05) is 13.7 Å². The summed E-state index contributed by atoms with van der Waals surface area (Å²) in [6, 6.07) is 14.5. The number of rotatable bonds is 8. The molecule has 0 aliphatic rings. The van der Waals surface area contributed by atoms with Gasteiger partial charge in [-0.05, 0) is 36.2 Å². The van der Waals surface area contributed by atoms with E-state index in [-0.39, 0.29) is 12.4 Å². The maximum absolute atomic E-state index is 12.3. The van der Waals surface area contributed by atoms with Gasteiger partial charge in [-0.1, -0.05) is 24.3 Å². The molecule has 0 unspecified atom stereocenters. The van der Waals surface area contributed by atoms with Crippen LogP contribution in [0.1, 0.15) is 21.7 Å². The first-order valence-electron chi connectivity index (χ1n) is 8.79. The normalized spacial score (nSPS) is 10.6. The number of methoxy groups -OCH3 is 1. The van der Waals surface area contributed by atoms with E-state index >= 15 is 0 Å². The lowest BCUT2D eigenvalue weighted by Gasteiger charge is -2.13. The summed E-state index contributed by atoms with van der Waals surface area (Å²) in [4.78, 5) is 12.3. The number of hydrazone groups is 1. The molecule has 0 saturated carbocycles. The SMILES string of the molecule is C=CCc1cc(/C=N/NC(=O)c2cc3ccccc3o2)cc(OC)c1OCC#N. The van der Waals surface area contributed by atoms with Crippen LogP contribution in [-0.2, 0) is 6.42 Å². The van der Waals surface area contributed by atoms with E-state index in [1.807, 2.05) is 30.3 Å². The first kappa shape index (κ1) is 19.7. The van der Waals surface area contributed by atoms with Crippen LogP contribution in [0.2, 0.25) is 0 Å². The van der Waals surface area contributed by atoms with E-state index in [1.165, 1.54) is 13.3 Å². The average molecular weight is 389 g/mol. The van der Waals surface area contributed by atoms with Gasteiger partial charge in [0, 0.05) is 10.9 Å². The van der Waals surface area contributed by atoms with Crippen LogP contribution >= 0.6 is 0 Å². The van der Waals surface area contributed by atoms with Crippen molar-refractivity contribution in [3.8, 4) is 17.6 Å². The van der Waals surface area contributed by atoms with Crippen molar-refractivity contribution >= 4 is 23.1 Å². The zero-order valence-electron chi connectivity index (χ0n) is 15.8. The Bertz CT molecular complexity index is 1080. The van der Waals surface area contributed by atoms with E-state index in [4.69, 9.17) is 19.2 Å². The number of carbonyl (C=O) groups is 1. The molecule has 7 nitrogen and oxygen atoms in total. The number of nitrogens with one attached hydrogen (secondary N) is 1. The second-order valence-electron chi connectivity index (χ2n) is 6.00. The number of amides is 1. The Hall–Kier alpha value is -4.05. The first-order valence-corrected chi connectivity index (χ1v) is 8.79. The van der Waals surface area contributed by atoms with Crippen LogP contribution in [0.25, 0.3) is 11.0 Å². The van der Waals surface area contributed by atoms with Crippen molar-refractivity contribution in [3.63, 3.8) is 0 Å². The second-order valence-corrected chi connectivity index (χ2v) is 6.00. The van der Waals surface area contributed by atoms with Crippen LogP contribution < -0.4 is 14.9 Å². The Morgan fingerprint density at radius 3 is 2.90 bits per heavy atom. The third-order valence-corrected chi connectivity index (χ3v) is 4.05. The summed E-state index contributed by atoms with van der Waals surface area (Å²) < 4.78 is 16.4. The highest BCUT2D eigenvalue weighted by molar-refractivity contribution is 5.96. The van der Waals surface area contributed by atoms with Gasteiger partial charge in [0.05, 0.1) is 13.3 Å². The summed E-state index contributed by atoms with van der Waals surface area (Å²) in [7, 11) is 1.51. The molecule has 0 fully saturated rings. The standard InChI is InChI=1S/C22H19N3O4/c1-3-6-17-11-15(12-19(27-2)21(17)28-10-9-23)14-24-25-22(26)20-13-16-7-4-5-8-18(16)29-20/h3-5,7-8,11-14H,1,6,10H2,2H3,(H,25,26)/b24-14+. The number of hydrogen-bond acceptors (Lipinski definition) is 6. The summed E-state index contributed by atoms with van der Waals surface area (Å²) in [5.74, 6) is 0.667. The molecule has 3 aromatic rings. The van der Waals surface area contributed by atoms with Crippen molar-refractivity contribution < 1.29 is 18.7 Å². The quantitative estimate of drug-likeness (QED) is 0.359. The highest BCUT2D eigenvalue weighted by Gasteiger charge is 2.13. The lowest BCUT2D eigenvalue weighted by Crippen LogP contribution is -2.16. The lowest BCUT2D eigenvalue weighted by molar-refractivity contribution is 0.0929. The van der Waals surface area contributed by atoms with Gasteiger partial charge in [0.1, 0.15) is 11.7 Å². The number of nitrogens with zero attached hydrogens (tertiary/aromatic N) is 2. The molecule has 0 spiro atoms. The molecular formula is C22H19N3O4. The molecule has 1 aromatic heterocycles. The molecule has 0 atom stereocenters. The van der Waals surface area contributed by atoms with Crippen molar-refractivity contribution in [2.45, 2.75) is 6.42 Å². The largest absolute Gasteiger partial charge is 0.493 e. The predicted molar refractivity (Wildman–Crippen MR) is 109 cm³/mol. The highest BCUT2D eigenvalue weighted by atomic mass is 16.5. The Labute approximate surface area is 167 Å². The van der Waals surface area contributed by atoms with Crippen molar-refractivity contribution in [1.29, 1.82) is 5.26 Å². The van der Waals surface area contributed by atoms with Crippen LogP contribution in [0, 0.1) is 11.3 Å². The third kappa shape index (κ3) is 4.62. The number of benzene rings is 2. The van der Waals surface area contributed by atoms with Crippen molar-refractivity contribution in [3.05, 3.63) is 72.0 Å². The Morgan fingerprint density at radius 1 is 1.34 bits per heavy atom. The first-order chi connectivity index (χ1) is 14.2. The van der Waals surface area contributed by atoms with E-state index in [1.54, 1.807) is 24.3 Å². The van der Waals surface area contributed by atoms with Gasteiger partial charge in [0.15, 0.2) is 23.9 Å². The van der Waals surface area contributed by atoms with Gasteiger partial charge in [-0.15, -0.1) is 6.58 Å². The average Bonchev–Trinajstić information content (AvgIpc) is 3.17. The molecule has 0 aliphatic carbocycles. The summed E-state index contributed by atoms with van der Waals surface area (Å²) in [6.07, 6.45) is 3.73. The fourth-order valence-electron chi connectivity index (χ4n) is 2.80. The van der Waals surface area contributed by atoms with Crippen LogP contribution in [0.5, 0.6) is 11.5 Å². The van der Waals surface area contributed by atoms with Crippen molar-refractivity contribution in [1.82, 2.24) is 5.43 Å². The number of hydrogen-bond donors (Lipinski definition) is 1. The van der Waals surface area contributed by atoms with E-state index < -0.39 is 5.91 Å². The summed E-state index contributed by atoms with van der Waals surface area (Å²) in [5, 5.41) is 13.6. The maximum Gasteiger partial charge on any atom is 0.307 e. The zero-order valence-corrected chi connectivity index (χ0v) is 15.8. The zero-order chi connectivity index (χ0) is 20.6. The monoisotopic (exact) mass is 389 g/mol. The van der Waals surface area contributed by atoms with Gasteiger partial charge in [-0.2, -0.15) is 10.4 Å².